The first-order valence-electron chi connectivity index (χ1n) is 7.43. The second-order valence-corrected chi connectivity index (χ2v) is 5.94. The zero-order valence-corrected chi connectivity index (χ0v) is 14.7. The Kier molecular flexibility index (Phi) is 5.32. The molecular weight excluding hydrogens is 373 g/mol. The average Bonchev–Trinajstić information content (AvgIpc) is 2.64. The summed E-state index contributed by atoms with van der Waals surface area (Å²) >= 11 is 12.1. The van der Waals surface area contributed by atoms with Gasteiger partial charge < -0.3 is 0 Å². The molecule has 0 saturated carbocycles. The number of anilines is 1. The molecule has 26 heavy (non-hydrogen) atoms. The molecule has 0 atom stereocenters. The molecule has 0 bridgehead atoms. The van der Waals surface area contributed by atoms with Gasteiger partial charge in [0.1, 0.15) is 11.6 Å². The van der Waals surface area contributed by atoms with Gasteiger partial charge in [-0.15, -0.1) is 0 Å². The molecule has 8 heteroatoms. The summed E-state index contributed by atoms with van der Waals surface area (Å²) < 4.78 is 0. The molecule has 0 spiro atoms. The molecule has 0 unspecified atom stereocenters. The number of nitrogens with zero attached hydrogens (tertiary/aromatic N) is 3. The van der Waals surface area contributed by atoms with E-state index < -0.39 is 5.56 Å². The van der Waals surface area contributed by atoms with Gasteiger partial charge >= 0.3 is 0 Å². The van der Waals surface area contributed by atoms with Crippen LogP contribution in [0.3, 0.4) is 0 Å². The van der Waals surface area contributed by atoms with Crippen LogP contribution in [0.25, 0.3) is 11.3 Å². The third-order valence-corrected chi connectivity index (χ3v) is 4.10. The molecule has 0 aliphatic carbocycles. The summed E-state index contributed by atoms with van der Waals surface area (Å²) in [6, 6.07) is 15.9. The predicted molar refractivity (Wildman–Crippen MR) is 103 cm³/mol. The fourth-order valence-electron chi connectivity index (χ4n) is 2.23. The summed E-state index contributed by atoms with van der Waals surface area (Å²) in [7, 11) is 0. The van der Waals surface area contributed by atoms with E-state index in [1.165, 1.54) is 6.21 Å². The van der Waals surface area contributed by atoms with Gasteiger partial charge in [0.25, 0.3) is 5.56 Å². The summed E-state index contributed by atoms with van der Waals surface area (Å²) in [5.74, 6) is 0.0901. The Morgan fingerprint density at radius 3 is 2.46 bits per heavy atom. The lowest BCUT2D eigenvalue weighted by Crippen LogP contribution is -2.16. The normalized spacial score (nSPS) is 10.7. The minimum Gasteiger partial charge on any atom is -0.290 e. The monoisotopic (exact) mass is 383 g/mol. The molecule has 0 fully saturated rings. The lowest BCUT2D eigenvalue weighted by molar-refractivity contribution is 1.08. The van der Waals surface area contributed by atoms with Gasteiger partial charge in [0.15, 0.2) is 0 Å². The van der Waals surface area contributed by atoms with Crippen molar-refractivity contribution in [1.82, 2.24) is 9.97 Å². The number of benzene rings is 2. The molecule has 128 valence electrons. The van der Waals surface area contributed by atoms with Crippen molar-refractivity contribution in [3.8, 4) is 17.3 Å². The third kappa shape index (κ3) is 3.75. The maximum atomic E-state index is 12.2. The molecule has 3 rings (SSSR count). The van der Waals surface area contributed by atoms with E-state index in [1.807, 2.05) is 12.1 Å². The summed E-state index contributed by atoms with van der Waals surface area (Å²) in [6.07, 6.45) is 1.42. The number of halogens is 2. The fourth-order valence-corrected chi connectivity index (χ4v) is 2.72. The first kappa shape index (κ1) is 17.7. The summed E-state index contributed by atoms with van der Waals surface area (Å²) in [6.45, 7) is 0. The highest BCUT2D eigenvalue weighted by Crippen LogP contribution is 2.22. The lowest BCUT2D eigenvalue weighted by Gasteiger charge is -2.06. The molecule has 0 aliphatic heterocycles. The van der Waals surface area contributed by atoms with Crippen LogP contribution < -0.4 is 11.0 Å². The number of aromatic amines is 1. The van der Waals surface area contributed by atoms with Gasteiger partial charge in [-0.1, -0.05) is 59.6 Å². The molecule has 2 N–H and O–H groups in total. The van der Waals surface area contributed by atoms with E-state index in [9.17, 15) is 10.1 Å². The smallest absolute Gasteiger partial charge is 0.270 e. The third-order valence-electron chi connectivity index (χ3n) is 3.44. The molecular formula is C18H11Cl2N5O. The van der Waals surface area contributed by atoms with Gasteiger partial charge in [0.05, 0.1) is 22.0 Å². The van der Waals surface area contributed by atoms with Gasteiger partial charge in [0.2, 0.25) is 5.95 Å². The maximum Gasteiger partial charge on any atom is 0.270 e. The Balaban J connectivity index is 1.95. The van der Waals surface area contributed by atoms with Gasteiger partial charge in [0, 0.05) is 11.1 Å². The van der Waals surface area contributed by atoms with Gasteiger partial charge in [-0.2, -0.15) is 10.4 Å². The minimum absolute atomic E-state index is 0.0696. The van der Waals surface area contributed by atoms with Crippen molar-refractivity contribution >= 4 is 35.4 Å². The number of aromatic nitrogens is 2. The Morgan fingerprint density at radius 1 is 1.12 bits per heavy atom. The van der Waals surface area contributed by atoms with Gasteiger partial charge in [-0.25, -0.2) is 10.4 Å². The van der Waals surface area contributed by atoms with E-state index in [-0.39, 0.29) is 17.2 Å². The van der Waals surface area contributed by atoms with E-state index in [1.54, 1.807) is 42.5 Å². The molecule has 0 radical (unpaired) electrons. The number of nitriles is 1. The lowest BCUT2D eigenvalue weighted by atomic mass is 10.1. The number of H-pyrrole nitrogens is 1. The molecule has 1 aromatic heterocycles. The van der Waals surface area contributed by atoms with Crippen molar-refractivity contribution in [2.75, 3.05) is 5.43 Å². The first-order chi connectivity index (χ1) is 12.6. The zero-order valence-electron chi connectivity index (χ0n) is 13.2. The molecule has 2 aromatic carbocycles. The van der Waals surface area contributed by atoms with E-state index in [0.717, 1.165) is 0 Å². The number of rotatable bonds is 4. The highest BCUT2D eigenvalue weighted by molar-refractivity contribution is 6.38. The van der Waals surface area contributed by atoms with E-state index in [4.69, 9.17) is 23.2 Å². The number of hydrogen-bond acceptors (Lipinski definition) is 5. The maximum absolute atomic E-state index is 12.2. The molecule has 0 saturated heterocycles. The van der Waals surface area contributed by atoms with Crippen LogP contribution in [0.15, 0.2) is 58.4 Å². The van der Waals surface area contributed by atoms with Crippen molar-refractivity contribution in [3.05, 3.63) is 80.1 Å². The number of hydrazone groups is 1. The van der Waals surface area contributed by atoms with Crippen LogP contribution in [0.2, 0.25) is 10.0 Å². The molecule has 1 heterocycles. The van der Waals surface area contributed by atoms with Crippen LogP contribution in [-0.4, -0.2) is 16.2 Å². The highest BCUT2D eigenvalue weighted by Gasteiger charge is 2.12. The molecule has 0 aliphatic rings. The Bertz CT molecular complexity index is 1050. The molecule has 0 amide bonds. The first-order valence-corrected chi connectivity index (χ1v) is 8.18. The Morgan fingerprint density at radius 2 is 1.81 bits per heavy atom. The zero-order chi connectivity index (χ0) is 18.5. The minimum atomic E-state index is -0.560. The molecule has 3 aromatic rings. The van der Waals surface area contributed by atoms with E-state index in [0.29, 0.717) is 21.2 Å². The summed E-state index contributed by atoms with van der Waals surface area (Å²) in [4.78, 5) is 18.9. The van der Waals surface area contributed by atoms with Crippen molar-refractivity contribution in [2.45, 2.75) is 0 Å². The van der Waals surface area contributed by atoms with E-state index >= 15 is 0 Å². The highest BCUT2D eigenvalue weighted by atomic mass is 35.5. The standard InChI is InChI=1S/C18H11Cl2N5O/c19-14-7-4-8-15(20)13(14)10-22-25-18-23-16(11-5-2-1-3-6-11)12(9-21)17(26)24-18/h1-8,10H,(H2,23,24,25,26). The van der Waals surface area contributed by atoms with Crippen LogP contribution in [0.1, 0.15) is 11.1 Å². The van der Waals surface area contributed by atoms with Crippen molar-refractivity contribution in [1.29, 1.82) is 5.26 Å². The Hall–Kier alpha value is -3.14. The number of nitrogens with one attached hydrogen (secondary N) is 2. The Labute approximate surface area is 158 Å². The van der Waals surface area contributed by atoms with Crippen molar-refractivity contribution < 1.29 is 0 Å². The largest absolute Gasteiger partial charge is 0.290 e. The SMILES string of the molecule is N#Cc1c(-c2ccccc2)nc(NN=Cc2c(Cl)cccc2Cl)[nH]c1=O. The van der Waals surface area contributed by atoms with Crippen molar-refractivity contribution in [3.63, 3.8) is 0 Å². The van der Waals surface area contributed by atoms with Crippen LogP contribution in [0.4, 0.5) is 5.95 Å². The number of hydrogen-bond donors (Lipinski definition) is 2. The van der Waals surface area contributed by atoms with Crippen LogP contribution in [0, 0.1) is 11.3 Å². The second-order valence-electron chi connectivity index (χ2n) is 5.12. The fraction of sp³-hybridized carbons (Fsp3) is 0. The molecule has 6 nitrogen and oxygen atoms in total. The predicted octanol–water partition coefficient (Wildman–Crippen LogP) is 4.06. The second kappa shape index (κ2) is 7.83. The summed E-state index contributed by atoms with van der Waals surface area (Å²) in [5, 5.41) is 14.1. The quantitative estimate of drug-likeness (QED) is 0.524. The van der Waals surface area contributed by atoms with Crippen LogP contribution in [0.5, 0.6) is 0 Å². The summed E-state index contributed by atoms with van der Waals surface area (Å²) in [5.41, 5.74) is 3.44. The van der Waals surface area contributed by atoms with Crippen molar-refractivity contribution in [2.24, 2.45) is 5.10 Å². The van der Waals surface area contributed by atoms with Crippen LogP contribution >= 0.6 is 23.2 Å². The average molecular weight is 384 g/mol. The van der Waals surface area contributed by atoms with Crippen LogP contribution in [-0.2, 0) is 0 Å². The van der Waals surface area contributed by atoms with Gasteiger partial charge in [-0.05, 0) is 12.1 Å². The topological polar surface area (TPSA) is 93.9 Å². The van der Waals surface area contributed by atoms with E-state index in [2.05, 4.69) is 20.5 Å². The van der Waals surface area contributed by atoms with Gasteiger partial charge in [-0.3, -0.25) is 9.78 Å².